The molecule has 0 aliphatic carbocycles. The van der Waals surface area contributed by atoms with Crippen LogP contribution in [0.3, 0.4) is 0 Å². The average molecular weight is 176 g/mol. The van der Waals surface area contributed by atoms with E-state index in [0.29, 0.717) is 13.2 Å². The zero-order valence-corrected chi connectivity index (χ0v) is 7.58. The standard InChI is InChI=1S/C8H16O4/c1-4-10-6-7-12-8(3,9)11-5-2/h4,9H,1,5-7H2,2-3H3. The highest BCUT2D eigenvalue weighted by Gasteiger charge is 2.20. The smallest absolute Gasteiger partial charge is 0.277 e. The minimum absolute atomic E-state index is 0.263. The maximum atomic E-state index is 9.29. The van der Waals surface area contributed by atoms with Crippen LogP contribution >= 0.6 is 0 Å². The van der Waals surface area contributed by atoms with Crippen LogP contribution in [0.4, 0.5) is 0 Å². The van der Waals surface area contributed by atoms with Gasteiger partial charge in [-0.25, -0.2) is 0 Å². The van der Waals surface area contributed by atoms with Crippen LogP contribution in [0.2, 0.25) is 0 Å². The highest BCUT2D eigenvalue weighted by atomic mass is 16.8. The Morgan fingerprint density at radius 2 is 2.08 bits per heavy atom. The number of rotatable bonds is 7. The van der Waals surface area contributed by atoms with Crippen molar-refractivity contribution in [1.29, 1.82) is 0 Å². The molecule has 0 saturated heterocycles. The quantitative estimate of drug-likeness (QED) is 0.355. The summed E-state index contributed by atoms with van der Waals surface area (Å²) >= 11 is 0. The van der Waals surface area contributed by atoms with Crippen LogP contribution < -0.4 is 0 Å². The zero-order valence-electron chi connectivity index (χ0n) is 7.58. The molecule has 0 rings (SSSR count). The van der Waals surface area contributed by atoms with Crippen LogP contribution in [0.25, 0.3) is 0 Å². The molecule has 12 heavy (non-hydrogen) atoms. The Morgan fingerprint density at radius 3 is 2.58 bits per heavy atom. The van der Waals surface area contributed by atoms with E-state index in [1.165, 1.54) is 13.2 Å². The first-order chi connectivity index (χ1) is 5.62. The number of hydrogen-bond acceptors (Lipinski definition) is 4. The van der Waals surface area contributed by atoms with Gasteiger partial charge >= 0.3 is 0 Å². The van der Waals surface area contributed by atoms with E-state index in [9.17, 15) is 5.11 Å². The molecule has 0 bridgehead atoms. The van der Waals surface area contributed by atoms with E-state index in [0.717, 1.165) is 0 Å². The summed E-state index contributed by atoms with van der Waals surface area (Å²) in [6.45, 7) is 7.59. The normalized spacial score (nSPS) is 15.2. The van der Waals surface area contributed by atoms with Gasteiger partial charge in [0.05, 0.1) is 12.9 Å². The fraction of sp³-hybridized carbons (Fsp3) is 0.750. The SMILES string of the molecule is C=COCCOC(C)(O)OCC. The fourth-order valence-corrected chi connectivity index (χ4v) is 0.672. The summed E-state index contributed by atoms with van der Waals surface area (Å²) in [7, 11) is 0. The lowest BCUT2D eigenvalue weighted by atomic mass is 10.6. The first-order valence-corrected chi connectivity index (χ1v) is 3.85. The number of ether oxygens (including phenoxy) is 3. The lowest BCUT2D eigenvalue weighted by Crippen LogP contribution is -2.33. The van der Waals surface area contributed by atoms with Crippen LogP contribution in [0, 0.1) is 0 Å². The third-order valence-electron chi connectivity index (χ3n) is 1.10. The van der Waals surface area contributed by atoms with Crippen molar-refractivity contribution < 1.29 is 19.3 Å². The highest BCUT2D eigenvalue weighted by molar-refractivity contribution is 4.49. The summed E-state index contributed by atoms with van der Waals surface area (Å²) in [4.78, 5) is 0. The number of aliphatic hydroxyl groups is 1. The van der Waals surface area contributed by atoms with Gasteiger partial charge in [-0.05, 0) is 6.92 Å². The molecule has 0 aromatic carbocycles. The van der Waals surface area contributed by atoms with E-state index in [2.05, 4.69) is 6.58 Å². The largest absolute Gasteiger partial charge is 0.499 e. The van der Waals surface area contributed by atoms with Crippen LogP contribution in [-0.4, -0.2) is 30.9 Å². The van der Waals surface area contributed by atoms with Gasteiger partial charge in [0.25, 0.3) is 5.97 Å². The van der Waals surface area contributed by atoms with Crippen LogP contribution in [0.5, 0.6) is 0 Å². The molecule has 0 radical (unpaired) electrons. The van der Waals surface area contributed by atoms with Gasteiger partial charge in [-0.3, -0.25) is 0 Å². The van der Waals surface area contributed by atoms with Gasteiger partial charge in [-0.1, -0.05) is 6.58 Å². The predicted molar refractivity (Wildman–Crippen MR) is 44.4 cm³/mol. The molecular weight excluding hydrogens is 160 g/mol. The van der Waals surface area contributed by atoms with E-state index in [1.54, 1.807) is 6.92 Å². The molecule has 1 N–H and O–H groups in total. The molecule has 0 aliphatic rings. The van der Waals surface area contributed by atoms with Crippen molar-refractivity contribution in [2.24, 2.45) is 0 Å². The minimum atomic E-state index is -1.51. The lowest BCUT2D eigenvalue weighted by molar-refractivity contribution is -0.348. The Labute approximate surface area is 72.7 Å². The second kappa shape index (κ2) is 5.99. The third-order valence-corrected chi connectivity index (χ3v) is 1.10. The Hall–Kier alpha value is -0.580. The van der Waals surface area contributed by atoms with Crippen molar-refractivity contribution in [2.45, 2.75) is 19.8 Å². The zero-order chi connectivity index (χ0) is 9.45. The van der Waals surface area contributed by atoms with Gasteiger partial charge in [-0.15, -0.1) is 0 Å². The van der Waals surface area contributed by atoms with Crippen molar-refractivity contribution in [1.82, 2.24) is 0 Å². The van der Waals surface area contributed by atoms with Crippen LogP contribution in [-0.2, 0) is 14.2 Å². The summed E-state index contributed by atoms with van der Waals surface area (Å²) in [5, 5.41) is 9.29. The van der Waals surface area contributed by atoms with Crippen LogP contribution in [0.15, 0.2) is 12.8 Å². The summed E-state index contributed by atoms with van der Waals surface area (Å²) < 4.78 is 14.6. The lowest BCUT2D eigenvalue weighted by Gasteiger charge is -2.22. The summed E-state index contributed by atoms with van der Waals surface area (Å²) in [6, 6.07) is 0. The van der Waals surface area contributed by atoms with Crippen molar-refractivity contribution in [3.05, 3.63) is 12.8 Å². The van der Waals surface area contributed by atoms with Gasteiger partial charge in [0.1, 0.15) is 6.61 Å². The summed E-state index contributed by atoms with van der Waals surface area (Å²) in [5.74, 6) is -1.51. The first-order valence-electron chi connectivity index (χ1n) is 3.85. The Balaban J connectivity index is 3.39. The van der Waals surface area contributed by atoms with Gasteiger partial charge in [0.2, 0.25) is 0 Å². The van der Waals surface area contributed by atoms with Crippen molar-refractivity contribution in [2.75, 3.05) is 19.8 Å². The Morgan fingerprint density at radius 1 is 1.42 bits per heavy atom. The summed E-state index contributed by atoms with van der Waals surface area (Å²) in [6.07, 6.45) is 1.32. The average Bonchev–Trinajstić information content (AvgIpc) is 1.98. The molecule has 0 saturated carbocycles. The van der Waals surface area contributed by atoms with E-state index in [-0.39, 0.29) is 6.61 Å². The van der Waals surface area contributed by atoms with Crippen molar-refractivity contribution in [3.8, 4) is 0 Å². The van der Waals surface area contributed by atoms with Gasteiger partial charge < -0.3 is 19.3 Å². The van der Waals surface area contributed by atoms with Gasteiger partial charge in [0, 0.05) is 13.5 Å². The third kappa shape index (κ3) is 6.15. The maximum absolute atomic E-state index is 9.29. The number of hydrogen-bond donors (Lipinski definition) is 1. The minimum Gasteiger partial charge on any atom is -0.499 e. The summed E-state index contributed by atoms with van der Waals surface area (Å²) in [5.41, 5.74) is 0. The molecule has 4 nitrogen and oxygen atoms in total. The van der Waals surface area contributed by atoms with Gasteiger partial charge in [-0.2, -0.15) is 0 Å². The molecule has 0 heterocycles. The topological polar surface area (TPSA) is 47.9 Å². The molecule has 4 heteroatoms. The molecule has 0 fully saturated rings. The molecule has 1 unspecified atom stereocenters. The monoisotopic (exact) mass is 176 g/mol. The Bertz CT molecular complexity index is 122. The van der Waals surface area contributed by atoms with E-state index in [4.69, 9.17) is 14.2 Å². The molecule has 0 aromatic heterocycles. The second-order valence-electron chi connectivity index (χ2n) is 2.22. The molecular formula is C8H16O4. The van der Waals surface area contributed by atoms with Crippen molar-refractivity contribution >= 4 is 0 Å². The Kier molecular flexibility index (Phi) is 5.70. The van der Waals surface area contributed by atoms with Crippen LogP contribution in [0.1, 0.15) is 13.8 Å². The van der Waals surface area contributed by atoms with E-state index >= 15 is 0 Å². The molecule has 1 atom stereocenters. The highest BCUT2D eigenvalue weighted by Crippen LogP contribution is 2.06. The predicted octanol–water partition coefficient (Wildman–Crippen LogP) is 0.866. The van der Waals surface area contributed by atoms with E-state index in [1.807, 2.05) is 0 Å². The molecule has 0 spiro atoms. The molecule has 0 amide bonds. The van der Waals surface area contributed by atoms with Gasteiger partial charge in [0.15, 0.2) is 0 Å². The molecule has 0 aromatic rings. The maximum Gasteiger partial charge on any atom is 0.277 e. The molecule has 72 valence electrons. The second-order valence-corrected chi connectivity index (χ2v) is 2.22. The molecule has 0 aliphatic heterocycles. The first kappa shape index (κ1) is 11.4. The van der Waals surface area contributed by atoms with Crippen molar-refractivity contribution in [3.63, 3.8) is 0 Å². The fourth-order valence-electron chi connectivity index (χ4n) is 0.672. The van der Waals surface area contributed by atoms with E-state index < -0.39 is 5.97 Å².